The Labute approximate surface area is 169 Å². The lowest BCUT2D eigenvalue weighted by molar-refractivity contribution is -0.119. The summed E-state index contributed by atoms with van der Waals surface area (Å²) < 4.78 is 29.6. The Morgan fingerprint density at radius 1 is 1.22 bits per heavy atom. The van der Waals surface area contributed by atoms with E-state index in [1.54, 1.807) is 11.0 Å². The van der Waals surface area contributed by atoms with E-state index in [-0.39, 0.29) is 16.7 Å². The van der Waals surface area contributed by atoms with Crippen molar-refractivity contribution in [2.24, 2.45) is 5.92 Å². The van der Waals surface area contributed by atoms with Crippen LogP contribution in [0.1, 0.15) is 50.5 Å². The van der Waals surface area contributed by atoms with E-state index < -0.39 is 10.0 Å². The molecule has 0 bridgehead atoms. The summed E-state index contributed by atoms with van der Waals surface area (Å²) in [6.45, 7) is 0.961. The molecule has 1 heterocycles. The van der Waals surface area contributed by atoms with Crippen LogP contribution in [0.25, 0.3) is 0 Å². The fourth-order valence-corrected chi connectivity index (χ4v) is 5.96. The maximum Gasteiger partial charge on any atom is 0.242 e. The highest BCUT2D eigenvalue weighted by atomic mass is 79.9. The SMILES string of the molecule is O=C(C1CC1)N1CCc2cc(Br)cc(S(=O)(=O)NCCC3=CCCCC3)c21. The Balaban J connectivity index is 1.56. The van der Waals surface area contributed by atoms with Gasteiger partial charge < -0.3 is 4.90 Å². The number of anilines is 1. The predicted molar refractivity (Wildman–Crippen MR) is 109 cm³/mol. The number of fused-ring (bicyclic) bond motifs is 1. The first kappa shape index (κ1) is 19.2. The fraction of sp³-hybridized carbons (Fsp3) is 0.550. The molecule has 0 saturated heterocycles. The van der Waals surface area contributed by atoms with Crippen molar-refractivity contribution in [1.82, 2.24) is 4.72 Å². The summed E-state index contributed by atoms with van der Waals surface area (Å²) >= 11 is 3.43. The smallest absolute Gasteiger partial charge is 0.242 e. The third-order valence-electron chi connectivity index (χ3n) is 5.60. The van der Waals surface area contributed by atoms with Crippen LogP contribution >= 0.6 is 15.9 Å². The lowest BCUT2D eigenvalue weighted by Crippen LogP contribution is -2.33. The summed E-state index contributed by atoms with van der Waals surface area (Å²) in [5.74, 6) is 0.140. The van der Waals surface area contributed by atoms with E-state index in [1.807, 2.05) is 6.07 Å². The van der Waals surface area contributed by atoms with E-state index in [0.29, 0.717) is 25.2 Å². The van der Waals surface area contributed by atoms with Gasteiger partial charge in [0.15, 0.2) is 0 Å². The normalized spacial score (nSPS) is 19.7. The number of carbonyl (C=O) groups excluding carboxylic acids is 1. The van der Waals surface area contributed by atoms with Crippen molar-refractivity contribution in [2.75, 3.05) is 18.0 Å². The Bertz CT molecular complexity index is 891. The number of benzene rings is 1. The van der Waals surface area contributed by atoms with Gasteiger partial charge in [-0.2, -0.15) is 0 Å². The number of nitrogens with zero attached hydrogens (tertiary/aromatic N) is 1. The van der Waals surface area contributed by atoms with Crippen LogP contribution in [0.2, 0.25) is 0 Å². The van der Waals surface area contributed by atoms with Gasteiger partial charge in [0.05, 0.1) is 5.69 Å². The third kappa shape index (κ3) is 4.15. The largest absolute Gasteiger partial charge is 0.310 e. The summed E-state index contributed by atoms with van der Waals surface area (Å²) in [7, 11) is -3.68. The molecule has 1 aliphatic heterocycles. The van der Waals surface area contributed by atoms with Gasteiger partial charge in [-0.3, -0.25) is 4.79 Å². The molecule has 1 aromatic carbocycles. The zero-order valence-electron chi connectivity index (χ0n) is 15.3. The monoisotopic (exact) mass is 452 g/mol. The molecular formula is C20H25BrN2O3S. The number of nitrogens with one attached hydrogen (secondary N) is 1. The molecule has 0 aromatic heterocycles. The summed E-state index contributed by atoms with van der Waals surface area (Å²) in [4.78, 5) is 14.6. The van der Waals surface area contributed by atoms with Gasteiger partial charge in [-0.15, -0.1) is 0 Å². The summed E-state index contributed by atoms with van der Waals surface area (Å²) in [6, 6.07) is 3.56. The molecule has 0 spiro atoms. The second-order valence-electron chi connectivity index (χ2n) is 7.68. The molecule has 146 valence electrons. The van der Waals surface area contributed by atoms with Crippen LogP contribution in [0.15, 0.2) is 33.2 Å². The molecule has 0 atom stereocenters. The second kappa shape index (κ2) is 7.68. The number of carbonyl (C=O) groups is 1. The molecule has 1 aromatic rings. The molecule has 3 aliphatic rings. The molecule has 1 saturated carbocycles. The van der Waals surface area contributed by atoms with E-state index in [0.717, 1.165) is 42.1 Å². The van der Waals surface area contributed by atoms with Crippen LogP contribution in [-0.2, 0) is 21.2 Å². The van der Waals surface area contributed by atoms with E-state index in [9.17, 15) is 13.2 Å². The number of hydrogen-bond acceptors (Lipinski definition) is 3. The average Bonchev–Trinajstić information content (AvgIpc) is 3.41. The van der Waals surface area contributed by atoms with Gasteiger partial charge in [-0.05, 0) is 69.1 Å². The summed E-state index contributed by atoms with van der Waals surface area (Å²) in [5.41, 5.74) is 2.85. The van der Waals surface area contributed by atoms with Crippen molar-refractivity contribution >= 4 is 37.5 Å². The molecule has 1 fully saturated rings. The average molecular weight is 453 g/mol. The summed E-state index contributed by atoms with van der Waals surface area (Å²) in [5, 5.41) is 0. The number of allylic oxidation sites excluding steroid dienone is 1. The standard InChI is InChI=1S/C20H25BrN2O3S/c21-17-12-16-9-11-23(20(24)15-6-7-15)19(16)18(13-17)27(25,26)22-10-8-14-4-2-1-3-5-14/h4,12-13,15,22H,1-3,5-11H2. The van der Waals surface area contributed by atoms with Gasteiger partial charge in [0.25, 0.3) is 0 Å². The lowest BCUT2D eigenvalue weighted by atomic mass is 9.97. The maximum atomic E-state index is 13.1. The highest BCUT2D eigenvalue weighted by Gasteiger charge is 2.39. The highest BCUT2D eigenvalue weighted by molar-refractivity contribution is 9.10. The van der Waals surface area contributed by atoms with Crippen molar-refractivity contribution in [3.63, 3.8) is 0 Å². The van der Waals surface area contributed by atoms with Crippen LogP contribution in [-0.4, -0.2) is 27.4 Å². The Morgan fingerprint density at radius 3 is 2.74 bits per heavy atom. The maximum absolute atomic E-state index is 13.1. The Morgan fingerprint density at radius 2 is 2.04 bits per heavy atom. The molecule has 5 nitrogen and oxygen atoms in total. The minimum atomic E-state index is -3.68. The number of rotatable bonds is 6. The number of sulfonamides is 1. The number of halogens is 1. The zero-order valence-corrected chi connectivity index (χ0v) is 17.7. The first-order chi connectivity index (χ1) is 13.0. The van der Waals surface area contributed by atoms with Gasteiger partial charge in [0, 0.05) is 23.5 Å². The van der Waals surface area contributed by atoms with Crippen LogP contribution in [0.5, 0.6) is 0 Å². The molecule has 1 amide bonds. The van der Waals surface area contributed by atoms with Gasteiger partial charge >= 0.3 is 0 Å². The van der Waals surface area contributed by atoms with Crippen molar-refractivity contribution in [2.45, 2.75) is 56.3 Å². The molecular weight excluding hydrogens is 428 g/mol. The van der Waals surface area contributed by atoms with Crippen LogP contribution < -0.4 is 9.62 Å². The van der Waals surface area contributed by atoms with E-state index in [2.05, 4.69) is 26.7 Å². The van der Waals surface area contributed by atoms with Crippen molar-refractivity contribution < 1.29 is 13.2 Å². The minimum absolute atomic E-state index is 0.0693. The highest BCUT2D eigenvalue weighted by Crippen LogP contribution is 2.41. The molecule has 4 rings (SSSR count). The van der Waals surface area contributed by atoms with Crippen LogP contribution in [0.3, 0.4) is 0 Å². The molecule has 1 N–H and O–H groups in total. The van der Waals surface area contributed by atoms with E-state index in [1.165, 1.54) is 18.4 Å². The first-order valence-electron chi connectivity index (χ1n) is 9.77. The fourth-order valence-electron chi connectivity index (χ4n) is 4.00. The Hall–Kier alpha value is -1.18. The predicted octanol–water partition coefficient (Wildman–Crippen LogP) is 3.92. The van der Waals surface area contributed by atoms with Crippen LogP contribution in [0, 0.1) is 5.92 Å². The van der Waals surface area contributed by atoms with E-state index >= 15 is 0 Å². The zero-order chi connectivity index (χ0) is 19.0. The van der Waals surface area contributed by atoms with Gasteiger partial charge in [0.1, 0.15) is 4.90 Å². The second-order valence-corrected chi connectivity index (χ2v) is 10.3. The van der Waals surface area contributed by atoms with Gasteiger partial charge in [-0.1, -0.05) is 27.6 Å². The Kier molecular flexibility index (Phi) is 5.45. The molecule has 0 unspecified atom stereocenters. The third-order valence-corrected chi connectivity index (χ3v) is 7.53. The molecule has 7 heteroatoms. The number of hydrogen-bond donors (Lipinski definition) is 1. The topological polar surface area (TPSA) is 66.5 Å². The van der Waals surface area contributed by atoms with Gasteiger partial charge in [0.2, 0.25) is 15.9 Å². The van der Waals surface area contributed by atoms with Crippen molar-refractivity contribution in [3.05, 3.63) is 33.8 Å². The molecule has 0 radical (unpaired) electrons. The first-order valence-corrected chi connectivity index (χ1v) is 12.0. The molecule has 2 aliphatic carbocycles. The molecule has 27 heavy (non-hydrogen) atoms. The number of amides is 1. The van der Waals surface area contributed by atoms with Crippen molar-refractivity contribution in [3.8, 4) is 0 Å². The summed E-state index contributed by atoms with van der Waals surface area (Å²) in [6.07, 6.45) is 10.1. The van der Waals surface area contributed by atoms with Crippen LogP contribution in [0.4, 0.5) is 5.69 Å². The quantitative estimate of drug-likeness (QED) is 0.665. The van der Waals surface area contributed by atoms with Gasteiger partial charge in [-0.25, -0.2) is 13.1 Å². The minimum Gasteiger partial charge on any atom is -0.310 e. The van der Waals surface area contributed by atoms with Crippen molar-refractivity contribution in [1.29, 1.82) is 0 Å². The lowest BCUT2D eigenvalue weighted by Gasteiger charge is -2.21. The van der Waals surface area contributed by atoms with E-state index in [4.69, 9.17) is 0 Å².